The zero-order valence-electron chi connectivity index (χ0n) is 8.87. The molecule has 1 aliphatic rings. The quantitative estimate of drug-likeness (QED) is 0.908. The lowest BCUT2D eigenvalue weighted by Gasteiger charge is -2.13. The molecule has 0 amide bonds. The minimum atomic E-state index is 0.374. The van der Waals surface area contributed by atoms with Crippen molar-refractivity contribution in [1.29, 1.82) is 0 Å². The molecule has 0 saturated carbocycles. The second kappa shape index (κ2) is 4.99. The number of anilines is 1. The summed E-state index contributed by atoms with van der Waals surface area (Å²) in [5, 5.41) is 3.39. The Balaban J connectivity index is 1.83. The zero-order valence-corrected chi connectivity index (χ0v) is 10.5. The molecule has 2 atom stereocenters. The number of hydrogen-bond donors (Lipinski definition) is 1. The molecule has 1 N–H and O–H groups in total. The van der Waals surface area contributed by atoms with Crippen molar-refractivity contribution < 1.29 is 4.74 Å². The van der Waals surface area contributed by atoms with Crippen molar-refractivity contribution in [3.63, 3.8) is 0 Å². The van der Waals surface area contributed by atoms with Crippen LogP contribution in [0.2, 0.25) is 0 Å². The molecule has 0 aromatic heterocycles. The first-order valence-electron chi connectivity index (χ1n) is 5.39. The molecule has 1 aromatic carbocycles. The smallest absolute Gasteiger partial charge is 0.0751 e. The molecule has 1 fully saturated rings. The van der Waals surface area contributed by atoms with Gasteiger partial charge in [0.2, 0.25) is 0 Å². The van der Waals surface area contributed by atoms with E-state index in [-0.39, 0.29) is 0 Å². The van der Waals surface area contributed by atoms with Crippen molar-refractivity contribution in [2.24, 2.45) is 0 Å². The molecule has 2 nitrogen and oxygen atoms in total. The largest absolute Gasteiger partial charge is 0.382 e. The van der Waals surface area contributed by atoms with Crippen LogP contribution in [0.3, 0.4) is 0 Å². The fourth-order valence-corrected chi connectivity index (χ4v) is 2.26. The Labute approximate surface area is 99.1 Å². The summed E-state index contributed by atoms with van der Waals surface area (Å²) >= 11 is 3.45. The average molecular weight is 270 g/mol. The van der Waals surface area contributed by atoms with Crippen LogP contribution in [0.1, 0.15) is 19.8 Å². The van der Waals surface area contributed by atoms with E-state index in [0.29, 0.717) is 12.2 Å². The number of halogens is 1. The van der Waals surface area contributed by atoms with E-state index in [0.717, 1.165) is 16.7 Å². The molecular weight excluding hydrogens is 254 g/mol. The Morgan fingerprint density at radius 1 is 1.47 bits per heavy atom. The summed E-state index contributed by atoms with van der Waals surface area (Å²) in [4.78, 5) is 0. The molecular formula is C12H16BrNO. The summed E-state index contributed by atoms with van der Waals surface area (Å²) in [6.45, 7) is 3.04. The van der Waals surface area contributed by atoms with Gasteiger partial charge in [-0.3, -0.25) is 0 Å². The predicted octanol–water partition coefficient (Wildman–Crippen LogP) is 3.43. The summed E-state index contributed by atoms with van der Waals surface area (Å²) in [5.41, 5.74) is 1.15. The Bertz CT molecular complexity index is 329. The van der Waals surface area contributed by atoms with Gasteiger partial charge in [0.25, 0.3) is 0 Å². The maximum atomic E-state index is 5.74. The molecule has 0 radical (unpaired) electrons. The maximum absolute atomic E-state index is 5.74. The molecule has 15 heavy (non-hydrogen) atoms. The lowest BCUT2D eigenvalue weighted by Crippen LogP contribution is -2.19. The van der Waals surface area contributed by atoms with Crippen molar-refractivity contribution >= 4 is 21.6 Å². The van der Waals surface area contributed by atoms with Gasteiger partial charge in [-0.05, 0) is 38.0 Å². The predicted molar refractivity (Wildman–Crippen MR) is 66.2 cm³/mol. The summed E-state index contributed by atoms with van der Waals surface area (Å²) in [6.07, 6.45) is 3.16. The maximum Gasteiger partial charge on any atom is 0.0751 e. The Morgan fingerprint density at radius 3 is 3.00 bits per heavy atom. The van der Waals surface area contributed by atoms with E-state index >= 15 is 0 Å². The fraction of sp³-hybridized carbons (Fsp3) is 0.500. The number of ether oxygens (including phenoxy) is 1. The summed E-state index contributed by atoms with van der Waals surface area (Å²) in [5.74, 6) is 0. The monoisotopic (exact) mass is 269 g/mol. The molecule has 2 unspecified atom stereocenters. The fourth-order valence-electron chi connectivity index (χ4n) is 1.87. The molecule has 1 heterocycles. The van der Waals surface area contributed by atoms with Crippen molar-refractivity contribution in [1.82, 2.24) is 0 Å². The normalized spacial score (nSPS) is 25.5. The van der Waals surface area contributed by atoms with Crippen LogP contribution in [0, 0.1) is 0 Å². The van der Waals surface area contributed by atoms with Crippen molar-refractivity contribution in [2.75, 3.05) is 11.9 Å². The third-order valence-corrected chi connectivity index (χ3v) is 3.17. The van der Waals surface area contributed by atoms with Crippen LogP contribution in [-0.4, -0.2) is 18.8 Å². The highest BCUT2D eigenvalue weighted by Crippen LogP contribution is 2.20. The van der Waals surface area contributed by atoms with Gasteiger partial charge in [-0.1, -0.05) is 22.0 Å². The summed E-state index contributed by atoms with van der Waals surface area (Å²) < 4.78 is 6.84. The SMILES string of the molecule is CC1CCC(CNc2cccc(Br)c2)O1. The van der Waals surface area contributed by atoms with Crippen molar-refractivity contribution in [3.05, 3.63) is 28.7 Å². The Morgan fingerprint density at radius 2 is 2.33 bits per heavy atom. The minimum absolute atomic E-state index is 0.374. The number of benzene rings is 1. The first-order chi connectivity index (χ1) is 7.24. The molecule has 2 rings (SSSR count). The van der Waals surface area contributed by atoms with E-state index in [1.165, 1.54) is 12.8 Å². The van der Waals surface area contributed by atoms with Gasteiger partial charge in [-0.25, -0.2) is 0 Å². The first-order valence-corrected chi connectivity index (χ1v) is 6.18. The molecule has 1 aromatic rings. The van der Waals surface area contributed by atoms with E-state index < -0.39 is 0 Å². The summed E-state index contributed by atoms with van der Waals surface area (Å²) in [7, 11) is 0. The van der Waals surface area contributed by atoms with Crippen LogP contribution in [0.25, 0.3) is 0 Å². The molecule has 1 aliphatic heterocycles. The number of nitrogens with one attached hydrogen (secondary N) is 1. The highest BCUT2D eigenvalue weighted by molar-refractivity contribution is 9.10. The van der Waals surface area contributed by atoms with Gasteiger partial charge >= 0.3 is 0 Å². The van der Waals surface area contributed by atoms with E-state index in [1.54, 1.807) is 0 Å². The van der Waals surface area contributed by atoms with Crippen LogP contribution in [-0.2, 0) is 4.74 Å². The summed E-state index contributed by atoms with van der Waals surface area (Å²) in [6, 6.07) is 8.21. The second-order valence-electron chi connectivity index (χ2n) is 4.04. The Kier molecular flexibility index (Phi) is 3.65. The van der Waals surface area contributed by atoms with Gasteiger partial charge in [0.15, 0.2) is 0 Å². The number of hydrogen-bond acceptors (Lipinski definition) is 2. The van der Waals surface area contributed by atoms with Crippen molar-refractivity contribution in [3.8, 4) is 0 Å². The highest BCUT2D eigenvalue weighted by Gasteiger charge is 2.21. The molecule has 1 saturated heterocycles. The third-order valence-electron chi connectivity index (χ3n) is 2.68. The van der Waals surface area contributed by atoms with E-state index in [1.807, 2.05) is 12.1 Å². The van der Waals surface area contributed by atoms with Gasteiger partial charge in [0.05, 0.1) is 12.2 Å². The van der Waals surface area contributed by atoms with Crippen molar-refractivity contribution in [2.45, 2.75) is 32.0 Å². The topological polar surface area (TPSA) is 21.3 Å². The lowest BCUT2D eigenvalue weighted by atomic mass is 10.2. The lowest BCUT2D eigenvalue weighted by molar-refractivity contribution is 0.0637. The Hall–Kier alpha value is -0.540. The second-order valence-corrected chi connectivity index (χ2v) is 4.95. The van der Waals surface area contributed by atoms with Gasteiger partial charge in [0.1, 0.15) is 0 Å². The van der Waals surface area contributed by atoms with Gasteiger partial charge in [-0.2, -0.15) is 0 Å². The van der Waals surface area contributed by atoms with Crippen LogP contribution < -0.4 is 5.32 Å². The molecule has 0 bridgehead atoms. The van der Waals surface area contributed by atoms with Crippen LogP contribution in [0.5, 0.6) is 0 Å². The van der Waals surface area contributed by atoms with Crippen LogP contribution >= 0.6 is 15.9 Å². The standard InChI is InChI=1S/C12H16BrNO/c1-9-5-6-12(15-9)8-14-11-4-2-3-10(13)7-11/h2-4,7,9,12,14H,5-6,8H2,1H3. The van der Waals surface area contributed by atoms with Crippen LogP contribution in [0.4, 0.5) is 5.69 Å². The van der Waals surface area contributed by atoms with E-state index in [2.05, 4.69) is 40.3 Å². The van der Waals surface area contributed by atoms with E-state index in [9.17, 15) is 0 Å². The molecule has 0 aliphatic carbocycles. The highest BCUT2D eigenvalue weighted by atomic mass is 79.9. The van der Waals surface area contributed by atoms with Crippen LogP contribution in [0.15, 0.2) is 28.7 Å². The minimum Gasteiger partial charge on any atom is -0.382 e. The van der Waals surface area contributed by atoms with Gasteiger partial charge in [0, 0.05) is 16.7 Å². The van der Waals surface area contributed by atoms with E-state index in [4.69, 9.17) is 4.74 Å². The third kappa shape index (κ3) is 3.21. The zero-order chi connectivity index (χ0) is 10.7. The number of rotatable bonds is 3. The molecule has 3 heteroatoms. The molecule has 0 spiro atoms. The molecule has 82 valence electrons. The van der Waals surface area contributed by atoms with Gasteiger partial charge < -0.3 is 10.1 Å². The average Bonchev–Trinajstić information content (AvgIpc) is 2.62. The first kappa shape index (κ1) is 11.0. The van der Waals surface area contributed by atoms with Gasteiger partial charge in [-0.15, -0.1) is 0 Å².